The van der Waals surface area contributed by atoms with Gasteiger partial charge in [0.05, 0.1) is 12.6 Å². The maximum Gasteiger partial charge on any atom is 0.428 e. The molecule has 3 rings (SSSR count). The lowest BCUT2D eigenvalue weighted by atomic mass is 9.99. The molecule has 0 saturated carbocycles. The van der Waals surface area contributed by atoms with Crippen LogP contribution in [0.4, 0.5) is 9.18 Å². The molecule has 1 heterocycles. The van der Waals surface area contributed by atoms with Crippen LogP contribution in [0.5, 0.6) is 0 Å². The predicted molar refractivity (Wildman–Crippen MR) is 108 cm³/mol. The van der Waals surface area contributed by atoms with Crippen LogP contribution in [0.15, 0.2) is 36.4 Å². The topological polar surface area (TPSA) is 44.8 Å². The summed E-state index contributed by atoms with van der Waals surface area (Å²) in [6.45, 7) is 3.93. The molecule has 2 aromatic rings. The third kappa shape index (κ3) is 4.94. The maximum atomic E-state index is 13.5. The number of hydrogen-bond donors (Lipinski definition) is 1. The molecule has 8 heteroatoms. The Hall–Kier alpha value is -1.86. The Bertz CT molecular complexity index is 865. The summed E-state index contributed by atoms with van der Waals surface area (Å²) in [7, 11) is 1.64. The monoisotopic (exact) mass is 425 g/mol. The number of nitrogens with zero attached hydrogens (tertiary/aromatic N) is 2. The van der Waals surface area contributed by atoms with Crippen molar-refractivity contribution in [2.75, 3.05) is 26.7 Å². The van der Waals surface area contributed by atoms with Gasteiger partial charge in [0.2, 0.25) is 0 Å². The van der Waals surface area contributed by atoms with E-state index in [4.69, 9.17) is 28.0 Å². The van der Waals surface area contributed by atoms with E-state index in [-0.39, 0.29) is 18.4 Å². The van der Waals surface area contributed by atoms with Crippen LogP contribution in [0, 0.1) is 12.7 Å². The predicted octanol–water partition coefficient (Wildman–Crippen LogP) is 4.57. The van der Waals surface area contributed by atoms with Crippen molar-refractivity contribution in [3.05, 3.63) is 69.0 Å². The second-order valence-electron chi connectivity index (χ2n) is 6.81. The summed E-state index contributed by atoms with van der Waals surface area (Å²) in [5, 5.41) is 6.02. The van der Waals surface area contributed by atoms with Gasteiger partial charge in [-0.05, 0) is 53.9 Å². The van der Waals surface area contributed by atoms with Crippen molar-refractivity contribution >= 4 is 29.3 Å². The Labute approximate surface area is 173 Å². The van der Waals surface area contributed by atoms with E-state index in [1.54, 1.807) is 36.4 Å². The minimum absolute atomic E-state index is 0.193. The Morgan fingerprint density at radius 1 is 1.32 bits per heavy atom. The van der Waals surface area contributed by atoms with E-state index in [0.29, 0.717) is 29.7 Å². The Balaban J connectivity index is 1.71. The average Bonchev–Trinajstić information content (AvgIpc) is 2.65. The van der Waals surface area contributed by atoms with Gasteiger partial charge in [0, 0.05) is 36.7 Å². The molecule has 0 bridgehead atoms. The number of carbonyl (C=O) groups is 1. The van der Waals surface area contributed by atoms with Crippen LogP contribution in [0.1, 0.15) is 22.7 Å². The van der Waals surface area contributed by atoms with Crippen LogP contribution >= 0.6 is 23.2 Å². The summed E-state index contributed by atoms with van der Waals surface area (Å²) in [5.74, 6) is -0.285. The van der Waals surface area contributed by atoms with Gasteiger partial charge in [-0.15, -0.1) is 5.06 Å². The number of halogens is 3. The molecule has 1 aliphatic rings. The zero-order valence-corrected chi connectivity index (χ0v) is 17.2. The summed E-state index contributed by atoms with van der Waals surface area (Å²) in [6.07, 6.45) is -0.497. The zero-order valence-electron chi connectivity index (χ0n) is 15.7. The molecule has 0 spiro atoms. The van der Waals surface area contributed by atoms with E-state index in [2.05, 4.69) is 5.32 Å². The van der Waals surface area contributed by atoms with Crippen LogP contribution in [0.3, 0.4) is 0 Å². The highest BCUT2D eigenvalue weighted by molar-refractivity contribution is 6.33. The van der Waals surface area contributed by atoms with Crippen molar-refractivity contribution in [3.63, 3.8) is 0 Å². The Kier molecular flexibility index (Phi) is 6.78. The van der Waals surface area contributed by atoms with Crippen LogP contribution in [-0.4, -0.2) is 42.7 Å². The van der Waals surface area contributed by atoms with E-state index in [1.807, 2.05) is 6.92 Å². The molecule has 1 atom stereocenters. The first-order chi connectivity index (χ1) is 13.3. The first-order valence-electron chi connectivity index (χ1n) is 8.95. The van der Waals surface area contributed by atoms with Gasteiger partial charge in [-0.2, -0.15) is 0 Å². The molecular weight excluding hydrogens is 404 g/mol. The van der Waals surface area contributed by atoms with Gasteiger partial charge >= 0.3 is 6.09 Å². The molecule has 0 aromatic heterocycles. The zero-order chi connectivity index (χ0) is 20.3. The van der Waals surface area contributed by atoms with Crippen molar-refractivity contribution in [3.8, 4) is 0 Å². The van der Waals surface area contributed by atoms with Crippen LogP contribution in [0.25, 0.3) is 0 Å². The number of hydrogen-bond acceptors (Lipinski definition) is 4. The SMILES string of the molecule is Cc1cc(F)ccc1[C@H]1CNCCN1OC(=O)N(C)Cc1cc(Cl)ccc1Cl. The smallest absolute Gasteiger partial charge is 0.350 e. The normalized spacial score (nSPS) is 17.4. The van der Waals surface area contributed by atoms with Gasteiger partial charge in [-0.3, -0.25) is 0 Å². The molecule has 28 heavy (non-hydrogen) atoms. The maximum absolute atomic E-state index is 13.5. The highest BCUT2D eigenvalue weighted by atomic mass is 35.5. The standard InChI is InChI=1S/C20H22Cl2FN3O2/c1-13-9-16(23)4-5-17(13)19-11-24-7-8-26(19)28-20(27)25(2)12-14-10-15(21)3-6-18(14)22/h3-6,9-10,19,24H,7-8,11-12H2,1-2H3/t19-/m1/s1. The summed E-state index contributed by atoms with van der Waals surface area (Å²) in [5.41, 5.74) is 2.47. The van der Waals surface area contributed by atoms with E-state index in [0.717, 1.165) is 16.7 Å². The van der Waals surface area contributed by atoms with Crippen molar-refractivity contribution < 1.29 is 14.0 Å². The van der Waals surface area contributed by atoms with Gasteiger partial charge in [0.25, 0.3) is 0 Å². The second kappa shape index (κ2) is 9.09. The minimum atomic E-state index is -0.497. The van der Waals surface area contributed by atoms with Gasteiger partial charge < -0.3 is 15.1 Å². The van der Waals surface area contributed by atoms with Crippen LogP contribution < -0.4 is 5.32 Å². The number of rotatable bonds is 4. The first-order valence-corrected chi connectivity index (χ1v) is 9.71. The molecule has 5 nitrogen and oxygen atoms in total. The molecule has 0 radical (unpaired) electrons. The van der Waals surface area contributed by atoms with Crippen molar-refractivity contribution in [2.45, 2.75) is 19.5 Å². The summed E-state index contributed by atoms with van der Waals surface area (Å²) < 4.78 is 13.5. The molecule has 1 N–H and O–H groups in total. The molecule has 1 fully saturated rings. The molecule has 2 aromatic carbocycles. The Morgan fingerprint density at radius 3 is 2.86 bits per heavy atom. The Morgan fingerprint density at radius 2 is 2.11 bits per heavy atom. The minimum Gasteiger partial charge on any atom is -0.350 e. The number of carbonyl (C=O) groups excluding carboxylic acids is 1. The third-order valence-corrected chi connectivity index (χ3v) is 5.31. The number of benzene rings is 2. The molecule has 0 unspecified atom stereocenters. The van der Waals surface area contributed by atoms with E-state index in [1.165, 1.54) is 17.0 Å². The molecule has 1 aliphatic heterocycles. The number of amides is 1. The quantitative estimate of drug-likeness (QED) is 0.778. The van der Waals surface area contributed by atoms with Crippen molar-refractivity contribution in [1.29, 1.82) is 0 Å². The fourth-order valence-electron chi connectivity index (χ4n) is 3.23. The molecule has 1 saturated heterocycles. The van der Waals surface area contributed by atoms with Crippen LogP contribution in [-0.2, 0) is 11.4 Å². The van der Waals surface area contributed by atoms with Gasteiger partial charge in [-0.25, -0.2) is 9.18 Å². The summed E-state index contributed by atoms with van der Waals surface area (Å²) in [6, 6.07) is 9.56. The highest BCUT2D eigenvalue weighted by Gasteiger charge is 2.29. The lowest BCUT2D eigenvalue weighted by molar-refractivity contribution is -0.150. The number of aryl methyl sites for hydroxylation is 1. The van der Waals surface area contributed by atoms with Crippen molar-refractivity contribution in [2.24, 2.45) is 0 Å². The summed E-state index contributed by atoms with van der Waals surface area (Å²) >= 11 is 12.2. The molecule has 150 valence electrons. The highest BCUT2D eigenvalue weighted by Crippen LogP contribution is 2.27. The number of nitrogens with one attached hydrogen (secondary N) is 1. The van der Waals surface area contributed by atoms with Gasteiger partial charge in [-0.1, -0.05) is 29.3 Å². The first kappa shape index (κ1) is 20.9. The lowest BCUT2D eigenvalue weighted by Gasteiger charge is -2.36. The van der Waals surface area contributed by atoms with Gasteiger partial charge in [0.1, 0.15) is 5.82 Å². The second-order valence-corrected chi connectivity index (χ2v) is 7.65. The lowest BCUT2D eigenvalue weighted by Crippen LogP contribution is -2.48. The fraction of sp³-hybridized carbons (Fsp3) is 0.350. The number of hydroxylamine groups is 2. The van der Waals surface area contributed by atoms with Crippen LogP contribution in [0.2, 0.25) is 10.0 Å². The molecule has 1 amide bonds. The number of piperazine rings is 1. The summed E-state index contributed by atoms with van der Waals surface area (Å²) in [4.78, 5) is 19.7. The largest absolute Gasteiger partial charge is 0.428 e. The van der Waals surface area contributed by atoms with E-state index < -0.39 is 6.09 Å². The van der Waals surface area contributed by atoms with E-state index >= 15 is 0 Å². The van der Waals surface area contributed by atoms with Gasteiger partial charge in [0.15, 0.2) is 0 Å². The molecular formula is C20H22Cl2FN3O2. The fourth-order valence-corrected chi connectivity index (χ4v) is 3.60. The van der Waals surface area contributed by atoms with E-state index in [9.17, 15) is 9.18 Å². The third-order valence-electron chi connectivity index (χ3n) is 4.71. The van der Waals surface area contributed by atoms with Crippen molar-refractivity contribution in [1.82, 2.24) is 15.3 Å². The molecule has 0 aliphatic carbocycles. The average molecular weight is 426 g/mol.